The highest BCUT2D eigenvalue weighted by molar-refractivity contribution is 7.07. The van der Waals surface area contributed by atoms with Crippen LogP contribution in [0.15, 0.2) is 49.7 Å². The fraction of sp³-hybridized carbons (Fsp3) is 0.393. The highest BCUT2D eigenvalue weighted by Gasteiger charge is 2.34. The van der Waals surface area contributed by atoms with Crippen molar-refractivity contribution in [1.29, 1.82) is 0 Å². The molecule has 2 aliphatic rings. The summed E-state index contributed by atoms with van der Waals surface area (Å²) in [4.78, 5) is 34.3. The summed E-state index contributed by atoms with van der Waals surface area (Å²) in [5.41, 5.74) is 0.966. The molecule has 2 aromatic heterocycles. The molecule has 12 heteroatoms. The maximum Gasteiger partial charge on any atom is 0.338 e. The van der Waals surface area contributed by atoms with Gasteiger partial charge in [-0.2, -0.15) is 0 Å². The van der Waals surface area contributed by atoms with E-state index in [2.05, 4.69) is 9.89 Å². The van der Waals surface area contributed by atoms with E-state index in [4.69, 9.17) is 28.1 Å². The molecule has 4 heterocycles. The van der Waals surface area contributed by atoms with Crippen molar-refractivity contribution in [2.24, 2.45) is 4.99 Å². The number of rotatable bonds is 8. The summed E-state index contributed by atoms with van der Waals surface area (Å²) in [5, 5.41) is 0. The molecular weight excluding hydrogens is 538 g/mol. The van der Waals surface area contributed by atoms with Gasteiger partial charge in [-0.1, -0.05) is 11.3 Å². The molecule has 212 valence electrons. The first-order valence-corrected chi connectivity index (χ1v) is 13.6. The molecule has 11 nitrogen and oxygen atoms in total. The molecule has 0 amide bonds. The largest absolute Gasteiger partial charge is 0.493 e. The van der Waals surface area contributed by atoms with Crippen LogP contribution < -0.4 is 34.0 Å². The Bertz CT molecular complexity index is 1600. The van der Waals surface area contributed by atoms with Gasteiger partial charge in [-0.05, 0) is 37.6 Å². The molecule has 40 heavy (non-hydrogen) atoms. The van der Waals surface area contributed by atoms with Crippen LogP contribution in [0.3, 0.4) is 0 Å². The summed E-state index contributed by atoms with van der Waals surface area (Å²) in [5.74, 6) is 1.88. The van der Waals surface area contributed by atoms with E-state index in [9.17, 15) is 9.59 Å². The van der Waals surface area contributed by atoms with Crippen molar-refractivity contribution >= 4 is 29.3 Å². The van der Waals surface area contributed by atoms with E-state index in [1.807, 2.05) is 12.1 Å². The number of carbonyl (C=O) groups excluding carboxylic acids is 1. The van der Waals surface area contributed by atoms with Gasteiger partial charge in [-0.25, -0.2) is 9.79 Å². The molecule has 0 radical (unpaired) electrons. The van der Waals surface area contributed by atoms with E-state index < -0.39 is 12.0 Å². The van der Waals surface area contributed by atoms with Gasteiger partial charge < -0.3 is 33.0 Å². The summed E-state index contributed by atoms with van der Waals surface area (Å²) in [7, 11) is 4.53. The molecule has 1 saturated heterocycles. The molecule has 0 unspecified atom stereocenters. The number of carbonyl (C=O) groups is 1. The second-order valence-corrected chi connectivity index (χ2v) is 10.0. The zero-order chi connectivity index (χ0) is 28.4. The Morgan fingerprint density at radius 3 is 2.45 bits per heavy atom. The fourth-order valence-electron chi connectivity index (χ4n) is 4.87. The standard InChI is InChI=1S/C28H31N3O8S/c1-6-38-27(33)23-16(2)29-28-31(24(23)17-13-19(34-3)25(36-5)20(14-17)35-4)26(32)21(40-28)15-18-7-8-22(39-18)30-9-11-37-12-10-30/h7-8,13-15,24H,6,9-12H2,1-5H3/t24-/m1/s1. The van der Waals surface area contributed by atoms with Crippen LogP contribution in [0.1, 0.15) is 31.2 Å². The number of methoxy groups -OCH3 is 3. The number of esters is 1. The molecule has 5 rings (SSSR count). The van der Waals surface area contributed by atoms with Crippen LogP contribution in [-0.4, -0.2) is 64.8 Å². The minimum Gasteiger partial charge on any atom is -0.493 e. The SMILES string of the molecule is CCOC(=O)C1=C(C)N=c2sc(=Cc3ccc(N4CCOCC4)o3)c(=O)n2[C@@H]1c1cc(OC)c(OC)c(OC)c1. The van der Waals surface area contributed by atoms with Gasteiger partial charge in [-0.3, -0.25) is 9.36 Å². The van der Waals surface area contributed by atoms with Gasteiger partial charge in [0.05, 0.1) is 63.0 Å². The highest BCUT2D eigenvalue weighted by Crippen LogP contribution is 2.42. The Balaban J connectivity index is 1.67. The first-order valence-electron chi connectivity index (χ1n) is 12.8. The van der Waals surface area contributed by atoms with Crippen LogP contribution in [-0.2, 0) is 14.3 Å². The fourth-order valence-corrected chi connectivity index (χ4v) is 5.90. The van der Waals surface area contributed by atoms with Crippen molar-refractivity contribution in [1.82, 2.24) is 4.57 Å². The number of ether oxygens (including phenoxy) is 5. The summed E-state index contributed by atoms with van der Waals surface area (Å²) in [6.45, 7) is 6.38. The van der Waals surface area contributed by atoms with Gasteiger partial charge in [0.2, 0.25) is 5.75 Å². The highest BCUT2D eigenvalue weighted by atomic mass is 32.1. The lowest BCUT2D eigenvalue weighted by Gasteiger charge is -2.26. The number of nitrogens with zero attached hydrogens (tertiary/aromatic N) is 3. The third-order valence-electron chi connectivity index (χ3n) is 6.73. The third-order valence-corrected chi connectivity index (χ3v) is 7.71. The molecule has 1 aromatic carbocycles. The number of anilines is 1. The lowest BCUT2D eigenvalue weighted by atomic mass is 9.95. The minimum absolute atomic E-state index is 0.173. The number of morpholine rings is 1. The summed E-state index contributed by atoms with van der Waals surface area (Å²) in [6, 6.07) is 6.32. The first-order chi connectivity index (χ1) is 19.4. The zero-order valence-electron chi connectivity index (χ0n) is 23.0. The van der Waals surface area contributed by atoms with Gasteiger partial charge in [0.15, 0.2) is 22.2 Å². The maximum absolute atomic E-state index is 13.9. The van der Waals surface area contributed by atoms with Crippen LogP contribution in [0.2, 0.25) is 0 Å². The topological polar surface area (TPSA) is 114 Å². The van der Waals surface area contributed by atoms with E-state index >= 15 is 0 Å². The monoisotopic (exact) mass is 569 g/mol. The van der Waals surface area contributed by atoms with E-state index in [-0.39, 0.29) is 17.7 Å². The molecule has 0 spiro atoms. The number of hydrogen-bond acceptors (Lipinski definition) is 11. The quantitative estimate of drug-likeness (QED) is 0.377. The number of benzene rings is 1. The molecule has 0 saturated carbocycles. The molecule has 3 aromatic rings. The predicted octanol–water partition coefficient (Wildman–Crippen LogP) is 2.25. The number of furan rings is 1. The Morgan fingerprint density at radius 2 is 1.82 bits per heavy atom. The summed E-state index contributed by atoms with van der Waals surface area (Å²) < 4.78 is 35.4. The Morgan fingerprint density at radius 1 is 1.12 bits per heavy atom. The molecule has 0 aliphatic carbocycles. The maximum atomic E-state index is 13.9. The van der Waals surface area contributed by atoms with Crippen LogP contribution in [0.5, 0.6) is 17.2 Å². The average Bonchev–Trinajstić information content (AvgIpc) is 3.56. The second kappa shape index (κ2) is 11.6. The lowest BCUT2D eigenvalue weighted by Crippen LogP contribution is -2.40. The van der Waals surface area contributed by atoms with Crippen molar-refractivity contribution in [3.05, 3.63) is 66.5 Å². The van der Waals surface area contributed by atoms with Gasteiger partial charge >= 0.3 is 5.97 Å². The number of thiazole rings is 1. The summed E-state index contributed by atoms with van der Waals surface area (Å²) in [6.07, 6.45) is 1.70. The van der Waals surface area contributed by atoms with Gasteiger partial charge in [0, 0.05) is 25.2 Å². The van der Waals surface area contributed by atoms with Gasteiger partial charge in [-0.15, -0.1) is 0 Å². The van der Waals surface area contributed by atoms with Gasteiger partial charge in [0.25, 0.3) is 5.56 Å². The minimum atomic E-state index is -0.841. The van der Waals surface area contributed by atoms with Crippen molar-refractivity contribution in [2.75, 3.05) is 59.1 Å². The number of allylic oxidation sites excluding steroid dienone is 1. The average molecular weight is 570 g/mol. The van der Waals surface area contributed by atoms with E-state index in [1.54, 1.807) is 32.1 Å². The van der Waals surface area contributed by atoms with Crippen molar-refractivity contribution in [2.45, 2.75) is 19.9 Å². The Kier molecular flexibility index (Phi) is 7.99. The third kappa shape index (κ3) is 5.00. The first kappa shape index (κ1) is 27.5. The normalized spacial score (nSPS) is 17.4. The molecular formula is C28H31N3O8S. The Hall–Kier alpha value is -4.03. The zero-order valence-corrected chi connectivity index (χ0v) is 23.8. The van der Waals surface area contributed by atoms with Crippen molar-refractivity contribution in [3.63, 3.8) is 0 Å². The molecule has 0 bridgehead atoms. The van der Waals surface area contributed by atoms with Crippen molar-refractivity contribution in [3.8, 4) is 17.2 Å². The Labute approximate surface area is 234 Å². The number of aromatic nitrogens is 1. The molecule has 0 N–H and O–H groups in total. The van der Waals surface area contributed by atoms with Crippen LogP contribution in [0.4, 0.5) is 5.88 Å². The lowest BCUT2D eigenvalue weighted by molar-refractivity contribution is -0.139. The van der Waals surface area contributed by atoms with E-state index in [0.29, 0.717) is 56.8 Å². The van der Waals surface area contributed by atoms with E-state index in [1.165, 1.54) is 37.2 Å². The van der Waals surface area contributed by atoms with Crippen LogP contribution in [0.25, 0.3) is 6.08 Å². The summed E-state index contributed by atoms with van der Waals surface area (Å²) >= 11 is 1.22. The predicted molar refractivity (Wildman–Crippen MR) is 148 cm³/mol. The van der Waals surface area contributed by atoms with Crippen molar-refractivity contribution < 1.29 is 32.9 Å². The molecule has 1 fully saturated rings. The molecule has 2 aliphatic heterocycles. The number of hydrogen-bond donors (Lipinski definition) is 0. The van der Waals surface area contributed by atoms with Gasteiger partial charge in [0.1, 0.15) is 5.76 Å². The second-order valence-electron chi connectivity index (χ2n) is 9.04. The van der Waals surface area contributed by atoms with Crippen LogP contribution in [0, 0.1) is 0 Å². The van der Waals surface area contributed by atoms with E-state index in [0.717, 1.165) is 19.0 Å². The molecule has 1 atom stereocenters. The smallest absolute Gasteiger partial charge is 0.338 e. The number of fused-ring (bicyclic) bond motifs is 1. The van der Waals surface area contributed by atoms with Crippen LogP contribution >= 0.6 is 11.3 Å².